The Morgan fingerprint density at radius 3 is 2.33 bits per heavy atom. The first-order valence-corrected chi connectivity index (χ1v) is 6.82. The lowest BCUT2D eigenvalue weighted by atomic mass is 10.0. The van der Waals surface area contributed by atoms with Crippen molar-refractivity contribution in [3.05, 3.63) is 58.6 Å². The molecular weight excluding hydrogens is 342 g/mol. The van der Waals surface area contributed by atoms with Crippen LogP contribution in [-0.2, 0) is 0 Å². The van der Waals surface area contributed by atoms with Crippen molar-refractivity contribution in [1.82, 2.24) is 5.16 Å². The van der Waals surface area contributed by atoms with Gasteiger partial charge in [-0.2, -0.15) is 0 Å². The van der Waals surface area contributed by atoms with Crippen LogP contribution in [0.1, 0.15) is 0 Å². The van der Waals surface area contributed by atoms with Gasteiger partial charge in [0.25, 0.3) is 0 Å². The zero-order chi connectivity index (χ0) is 15.0. The summed E-state index contributed by atoms with van der Waals surface area (Å²) in [6, 6.07) is 10.4. The van der Waals surface area contributed by atoms with E-state index in [4.69, 9.17) is 10.3 Å². The number of rotatable bonds is 2. The lowest BCUT2D eigenvalue weighted by Crippen LogP contribution is -1.89. The van der Waals surface area contributed by atoms with E-state index >= 15 is 0 Å². The van der Waals surface area contributed by atoms with Crippen molar-refractivity contribution in [2.45, 2.75) is 0 Å². The summed E-state index contributed by atoms with van der Waals surface area (Å²) in [6.45, 7) is 0. The van der Waals surface area contributed by atoms with Gasteiger partial charge in [-0.25, -0.2) is 8.78 Å². The van der Waals surface area contributed by atoms with Gasteiger partial charge in [-0.1, -0.05) is 23.4 Å². The van der Waals surface area contributed by atoms with Gasteiger partial charge in [0.1, 0.15) is 17.3 Å². The molecule has 3 nitrogen and oxygen atoms in total. The van der Waals surface area contributed by atoms with Crippen LogP contribution in [0.25, 0.3) is 22.4 Å². The summed E-state index contributed by atoms with van der Waals surface area (Å²) in [4.78, 5) is 0. The number of nitrogen functional groups attached to an aromatic ring is 1. The van der Waals surface area contributed by atoms with Gasteiger partial charge in [0.05, 0.1) is 10.0 Å². The van der Waals surface area contributed by atoms with Crippen LogP contribution in [0.15, 0.2) is 51.5 Å². The molecule has 0 saturated carbocycles. The van der Waals surface area contributed by atoms with Crippen molar-refractivity contribution in [2.75, 3.05) is 5.73 Å². The standard InChI is InChI=1S/C15H9BrF2N2O/c16-11-6-3-9(7-12(11)18)14-13(15(19)21-20-14)8-1-4-10(17)5-2-8/h1-7H,19H2. The fraction of sp³-hybridized carbons (Fsp3) is 0. The lowest BCUT2D eigenvalue weighted by molar-refractivity contribution is 0.439. The number of benzene rings is 2. The largest absolute Gasteiger partial charge is 0.367 e. The molecule has 0 aliphatic heterocycles. The highest BCUT2D eigenvalue weighted by molar-refractivity contribution is 9.10. The molecule has 0 fully saturated rings. The predicted octanol–water partition coefficient (Wildman–Crippen LogP) is 4.63. The van der Waals surface area contributed by atoms with Crippen LogP contribution in [0.3, 0.4) is 0 Å². The van der Waals surface area contributed by atoms with E-state index in [2.05, 4.69) is 21.1 Å². The van der Waals surface area contributed by atoms with Crippen LogP contribution in [0.2, 0.25) is 0 Å². The van der Waals surface area contributed by atoms with Crippen LogP contribution < -0.4 is 5.73 Å². The van der Waals surface area contributed by atoms with Gasteiger partial charge in [-0.3, -0.25) is 0 Å². The van der Waals surface area contributed by atoms with Crippen LogP contribution in [0.5, 0.6) is 0 Å². The van der Waals surface area contributed by atoms with Crippen LogP contribution >= 0.6 is 15.9 Å². The van der Waals surface area contributed by atoms with E-state index in [1.807, 2.05) is 0 Å². The molecule has 0 bridgehead atoms. The molecule has 0 unspecified atom stereocenters. The molecule has 106 valence electrons. The molecule has 0 aliphatic rings. The van der Waals surface area contributed by atoms with E-state index in [1.54, 1.807) is 24.3 Å². The molecule has 2 aromatic carbocycles. The first-order valence-electron chi connectivity index (χ1n) is 6.03. The number of nitrogens with zero attached hydrogens (tertiary/aromatic N) is 1. The van der Waals surface area contributed by atoms with Gasteiger partial charge in [0, 0.05) is 5.56 Å². The molecular formula is C15H9BrF2N2O. The van der Waals surface area contributed by atoms with E-state index in [0.717, 1.165) is 0 Å². The summed E-state index contributed by atoms with van der Waals surface area (Å²) in [5.74, 6) is -0.677. The van der Waals surface area contributed by atoms with Gasteiger partial charge >= 0.3 is 0 Å². The molecule has 2 N–H and O–H groups in total. The second kappa shape index (κ2) is 5.29. The van der Waals surface area contributed by atoms with Crippen molar-refractivity contribution in [2.24, 2.45) is 0 Å². The number of aromatic nitrogens is 1. The third-order valence-corrected chi connectivity index (χ3v) is 3.69. The molecule has 1 aromatic heterocycles. The van der Waals surface area contributed by atoms with E-state index in [1.165, 1.54) is 18.2 Å². The van der Waals surface area contributed by atoms with E-state index < -0.39 is 5.82 Å². The van der Waals surface area contributed by atoms with Gasteiger partial charge in [0.2, 0.25) is 5.88 Å². The van der Waals surface area contributed by atoms with E-state index in [0.29, 0.717) is 26.9 Å². The fourth-order valence-corrected chi connectivity index (χ4v) is 2.29. The highest BCUT2D eigenvalue weighted by Crippen LogP contribution is 2.37. The molecule has 0 amide bonds. The Labute approximate surface area is 127 Å². The quantitative estimate of drug-likeness (QED) is 0.732. The van der Waals surface area contributed by atoms with E-state index in [-0.39, 0.29) is 11.7 Å². The highest BCUT2D eigenvalue weighted by Gasteiger charge is 2.18. The van der Waals surface area contributed by atoms with Crippen LogP contribution in [-0.4, -0.2) is 5.16 Å². The Balaban J connectivity index is 2.16. The normalized spacial score (nSPS) is 10.8. The molecule has 0 spiro atoms. The van der Waals surface area contributed by atoms with Crippen molar-refractivity contribution < 1.29 is 13.3 Å². The van der Waals surface area contributed by atoms with Crippen molar-refractivity contribution >= 4 is 21.8 Å². The van der Waals surface area contributed by atoms with Crippen LogP contribution in [0, 0.1) is 11.6 Å². The average Bonchev–Trinajstić information content (AvgIpc) is 2.85. The number of nitrogens with two attached hydrogens (primary N) is 1. The minimum Gasteiger partial charge on any atom is -0.367 e. The summed E-state index contributed by atoms with van der Waals surface area (Å²) >= 11 is 3.09. The first-order chi connectivity index (χ1) is 10.1. The Morgan fingerprint density at radius 2 is 1.67 bits per heavy atom. The Bertz CT molecular complexity index is 800. The Morgan fingerprint density at radius 1 is 1.00 bits per heavy atom. The Kier molecular flexibility index (Phi) is 3.47. The third-order valence-electron chi connectivity index (χ3n) is 3.04. The van der Waals surface area contributed by atoms with Gasteiger partial charge in [-0.15, -0.1) is 0 Å². The minimum absolute atomic E-state index is 0.0972. The molecule has 1 heterocycles. The lowest BCUT2D eigenvalue weighted by Gasteiger charge is -2.04. The summed E-state index contributed by atoms with van der Waals surface area (Å²) in [6.07, 6.45) is 0. The summed E-state index contributed by atoms with van der Waals surface area (Å²) in [5, 5.41) is 3.88. The highest BCUT2D eigenvalue weighted by atomic mass is 79.9. The molecule has 3 aromatic rings. The smallest absolute Gasteiger partial charge is 0.230 e. The average molecular weight is 351 g/mol. The minimum atomic E-state index is -0.417. The maximum absolute atomic E-state index is 13.7. The first kappa shape index (κ1) is 13.8. The second-order valence-electron chi connectivity index (χ2n) is 4.41. The maximum atomic E-state index is 13.7. The number of hydrogen-bond acceptors (Lipinski definition) is 3. The van der Waals surface area contributed by atoms with Crippen molar-refractivity contribution in [3.8, 4) is 22.4 Å². The third kappa shape index (κ3) is 2.54. The molecule has 0 atom stereocenters. The van der Waals surface area contributed by atoms with E-state index in [9.17, 15) is 8.78 Å². The molecule has 6 heteroatoms. The summed E-state index contributed by atoms with van der Waals surface area (Å²) in [7, 11) is 0. The topological polar surface area (TPSA) is 52.0 Å². The van der Waals surface area contributed by atoms with Crippen molar-refractivity contribution in [1.29, 1.82) is 0 Å². The predicted molar refractivity (Wildman–Crippen MR) is 79.4 cm³/mol. The van der Waals surface area contributed by atoms with Gasteiger partial charge < -0.3 is 10.3 Å². The SMILES string of the molecule is Nc1onc(-c2ccc(Br)c(F)c2)c1-c1ccc(F)cc1. The van der Waals surface area contributed by atoms with Crippen molar-refractivity contribution in [3.63, 3.8) is 0 Å². The number of anilines is 1. The number of halogens is 3. The molecule has 0 aliphatic carbocycles. The summed E-state index contributed by atoms with van der Waals surface area (Å²) < 4.78 is 32.1. The number of hydrogen-bond donors (Lipinski definition) is 1. The zero-order valence-corrected chi connectivity index (χ0v) is 12.2. The molecule has 0 radical (unpaired) electrons. The van der Waals surface area contributed by atoms with Gasteiger partial charge in [-0.05, 0) is 45.8 Å². The second-order valence-corrected chi connectivity index (χ2v) is 5.26. The molecule has 21 heavy (non-hydrogen) atoms. The van der Waals surface area contributed by atoms with Crippen LogP contribution in [0.4, 0.5) is 14.7 Å². The molecule has 3 rings (SSSR count). The summed E-state index contributed by atoms with van der Waals surface area (Å²) in [5.41, 5.74) is 7.88. The van der Waals surface area contributed by atoms with Gasteiger partial charge in [0.15, 0.2) is 0 Å². The fourth-order valence-electron chi connectivity index (χ4n) is 2.04. The monoisotopic (exact) mass is 350 g/mol. The molecule has 0 saturated heterocycles. The Hall–Kier alpha value is -2.21. The maximum Gasteiger partial charge on any atom is 0.230 e. The zero-order valence-electron chi connectivity index (χ0n) is 10.6.